The second-order valence-electron chi connectivity index (χ2n) is 8.76. The van der Waals surface area contributed by atoms with E-state index in [4.69, 9.17) is 0 Å². The van der Waals surface area contributed by atoms with Crippen LogP contribution in [0, 0.1) is 6.92 Å². The molecule has 1 aromatic carbocycles. The van der Waals surface area contributed by atoms with Crippen LogP contribution in [-0.2, 0) is 6.54 Å². The molecule has 3 heterocycles. The van der Waals surface area contributed by atoms with Gasteiger partial charge in [0.1, 0.15) is 5.82 Å². The van der Waals surface area contributed by atoms with E-state index >= 15 is 0 Å². The van der Waals surface area contributed by atoms with Crippen molar-refractivity contribution in [3.63, 3.8) is 0 Å². The topological polar surface area (TPSA) is 55.8 Å². The Kier molecular flexibility index (Phi) is 7.28. The molecule has 2 N–H and O–H groups in total. The summed E-state index contributed by atoms with van der Waals surface area (Å²) in [4.78, 5) is 14.0. The first-order valence-electron chi connectivity index (χ1n) is 11.7. The maximum Gasteiger partial charge on any atom is 0.191 e. The maximum atomic E-state index is 4.62. The highest BCUT2D eigenvalue weighted by Crippen LogP contribution is 2.21. The van der Waals surface area contributed by atoms with Crippen molar-refractivity contribution < 1.29 is 0 Å². The van der Waals surface area contributed by atoms with Crippen molar-refractivity contribution in [2.75, 3.05) is 43.0 Å². The van der Waals surface area contributed by atoms with Gasteiger partial charge in [-0.3, -0.25) is 4.99 Å². The molecule has 0 aliphatic carbocycles. The molecule has 0 radical (unpaired) electrons. The zero-order chi connectivity index (χ0) is 21.5. The number of hydrogen-bond acceptors (Lipinski definition) is 4. The first-order valence-corrected chi connectivity index (χ1v) is 11.7. The molecule has 0 spiro atoms. The highest BCUT2D eigenvalue weighted by Gasteiger charge is 2.23. The molecule has 31 heavy (non-hydrogen) atoms. The fourth-order valence-corrected chi connectivity index (χ4v) is 4.49. The van der Waals surface area contributed by atoms with Gasteiger partial charge in [0.25, 0.3) is 0 Å². The molecule has 0 bridgehead atoms. The quantitative estimate of drug-likeness (QED) is 0.570. The van der Waals surface area contributed by atoms with Gasteiger partial charge in [-0.25, -0.2) is 4.98 Å². The first-order chi connectivity index (χ1) is 15.2. The van der Waals surface area contributed by atoms with E-state index in [9.17, 15) is 0 Å². The average molecular weight is 421 g/mol. The van der Waals surface area contributed by atoms with Gasteiger partial charge in [-0.05, 0) is 56.0 Å². The van der Waals surface area contributed by atoms with Crippen LogP contribution in [0.4, 0.5) is 11.5 Å². The Bertz CT molecular complexity index is 855. The third-order valence-electron chi connectivity index (χ3n) is 6.35. The van der Waals surface area contributed by atoms with Crippen LogP contribution in [0.1, 0.15) is 43.2 Å². The lowest BCUT2D eigenvalue weighted by Gasteiger charge is -2.22. The molecule has 2 aliphatic heterocycles. The number of anilines is 2. The van der Waals surface area contributed by atoms with Crippen molar-refractivity contribution in [2.24, 2.45) is 4.99 Å². The van der Waals surface area contributed by atoms with E-state index in [-0.39, 0.29) is 0 Å². The minimum Gasteiger partial charge on any atom is -0.369 e. The van der Waals surface area contributed by atoms with Crippen molar-refractivity contribution in [3.8, 4) is 0 Å². The van der Waals surface area contributed by atoms with Gasteiger partial charge in [-0.2, -0.15) is 0 Å². The Morgan fingerprint density at radius 1 is 1.03 bits per heavy atom. The maximum absolute atomic E-state index is 4.62. The van der Waals surface area contributed by atoms with Crippen LogP contribution in [0.3, 0.4) is 0 Å². The first kappa shape index (κ1) is 21.5. The molecule has 6 nitrogen and oxygen atoms in total. The van der Waals surface area contributed by atoms with Crippen molar-refractivity contribution in [1.82, 2.24) is 15.6 Å². The molecular weight excluding hydrogens is 384 g/mol. The van der Waals surface area contributed by atoms with Gasteiger partial charge in [0.2, 0.25) is 0 Å². The lowest BCUT2D eigenvalue weighted by molar-refractivity contribution is 0.648. The number of aromatic nitrogens is 1. The molecule has 166 valence electrons. The third kappa shape index (κ3) is 5.90. The van der Waals surface area contributed by atoms with Gasteiger partial charge < -0.3 is 20.4 Å². The van der Waals surface area contributed by atoms with E-state index in [1.807, 2.05) is 13.2 Å². The monoisotopic (exact) mass is 420 g/mol. The second-order valence-corrected chi connectivity index (χ2v) is 8.76. The summed E-state index contributed by atoms with van der Waals surface area (Å²) in [5.74, 6) is 1.97. The summed E-state index contributed by atoms with van der Waals surface area (Å²) in [6.07, 6.45) is 8.25. The van der Waals surface area contributed by atoms with Gasteiger partial charge in [-0.15, -0.1) is 0 Å². The Labute approximate surface area is 186 Å². The van der Waals surface area contributed by atoms with Crippen LogP contribution in [0.25, 0.3) is 0 Å². The summed E-state index contributed by atoms with van der Waals surface area (Å²) in [6, 6.07) is 13.5. The Hall–Kier alpha value is -2.76. The van der Waals surface area contributed by atoms with Crippen molar-refractivity contribution >= 4 is 17.5 Å². The fourth-order valence-electron chi connectivity index (χ4n) is 4.49. The molecule has 0 amide bonds. The van der Waals surface area contributed by atoms with E-state index in [2.05, 4.69) is 73.7 Å². The molecule has 4 rings (SSSR count). The zero-order valence-electron chi connectivity index (χ0n) is 19.0. The predicted molar refractivity (Wildman–Crippen MR) is 130 cm³/mol. The van der Waals surface area contributed by atoms with E-state index in [0.29, 0.717) is 6.04 Å². The molecule has 2 aliphatic rings. The largest absolute Gasteiger partial charge is 0.369 e. The second kappa shape index (κ2) is 10.5. The van der Waals surface area contributed by atoms with Crippen LogP contribution in [-0.4, -0.2) is 50.2 Å². The Morgan fingerprint density at radius 3 is 2.55 bits per heavy atom. The number of benzene rings is 1. The number of pyridine rings is 1. The van der Waals surface area contributed by atoms with E-state index in [1.165, 1.54) is 42.5 Å². The predicted octanol–water partition coefficient (Wildman–Crippen LogP) is 3.71. The molecule has 0 saturated carbocycles. The van der Waals surface area contributed by atoms with Gasteiger partial charge in [0, 0.05) is 57.7 Å². The highest BCUT2D eigenvalue weighted by molar-refractivity contribution is 5.80. The number of rotatable bonds is 5. The minimum absolute atomic E-state index is 0.401. The number of nitrogens with zero attached hydrogens (tertiary/aromatic N) is 4. The lowest BCUT2D eigenvalue weighted by Crippen LogP contribution is -2.44. The average Bonchev–Trinajstić information content (AvgIpc) is 3.09. The van der Waals surface area contributed by atoms with Gasteiger partial charge in [0.15, 0.2) is 5.96 Å². The molecule has 2 fully saturated rings. The summed E-state index contributed by atoms with van der Waals surface area (Å²) < 4.78 is 0. The summed E-state index contributed by atoms with van der Waals surface area (Å²) >= 11 is 0. The molecule has 2 saturated heterocycles. The highest BCUT2D eigenvalue weighted by atomic mass is 15.2. The molecule has 1 unspecified atom stereocenters. The standard InChI is InChI=1S/C25H36N6/c1-20-7-9-23(10-8-20)31-16-12-22(19-31)29-25(26-2)28-18-21-11-13-27-24(17-21)30-14-5-3-4-6-15-30/h7-11,13,17,22H,3-6,12,14-16,18-19H2,1-2H3,(H2,26,28,29). The van der Waals surface area contributed by atoms with Crippen LogP contribution < -0.4 is 20.4 Å². The number of nitrogens with one attached hydrogen (secondary N) is 2. The van der Waals surface area contributed by atoms with Gasteiger partial charge >= 0.3 is 0 Å². The normalized spacial score (nSPS) is 19.9. The molecule has 1 aromatic heterocycles. The van der Waals surface area contributed by atoms with Crippen molar-refractivity contribution in [3.05, 3.63) is 53.7 Å². The summed E-state index contributed by atoms with van der Waals surface area (Å²) in [5, 5.41) is 7.10. The number of aliphatic imine (C=N–C) groups is 1. The Morgan fingerprint density at radius 2 is 1.81 bits per heavy atom. The molecule has 1 atom stereocenters. The zero-order valence-corrected chi connectivity index (χ0v) is 19.0. The minimum atomic E-state index is 0.401. The smallest absolute Gasteiger partial charge is 0.191 e. The number of guanidine groups is 1. The molecule has 6 heteroatoms. The third-order valence-corrected chi connectivity index (χ3v) is 6.35. The molecule has 2 aromatic rings. The van der Waals surface area contributed by atoms with Crippen LogP contribution >= 0.6 is 0 Å². The Balaban J connectivity index is 1.29. The van der Waals surface area contributed by atoms with E-state index in [1.54, 1.807) is 0 Å². The lowest BCUT2D eigenvalue weighted by atomic mass is 10.2. The summed E-state index contributed by atoms with van der Waals surface area (Å²) in [5.41, 5.74) is 3.85. The summed E-state index contributed by atoms with van der Waals surface area (Å²) in [6.45, 7) is 7.18. The SMILES string of the molecule is CN=C(NCc1ccnc(N2CCCCCC2)c1)NC1CCN(c2ccc(C)cc2)C1. The van der Waals surface area contributed by atoms with Crippen LogP contribution in [0.2, 0.25) is 0 Å². The van der Waals surface area contributed by atoms with Crippen LogP contribution in [0.15, 0.2) is 47.6 Å². The molecular formula is C25H36N6. The summed E-state index contributed by atoms with van der Waals surface area (Å²) in [7, 11) is 1.84. The fraction of sp³-hybridized carbons (Fsp3) is 0.520. The van der Waals surface area contributed by atoms with Gasteiger partial charge in [-0.1, -0.05) is 30.5 Å². The van der Waals surface area contributed by atoms with Crippen molar-refractivity contribution in [1.29, 1.82) is 0 Å². The van der Waals surface area contributed by atoms with E-state index < -0.39 is 0 Å². The number of hydrogen-bond donors (Lipinski definition) is 2. The van der Waals surface area contributed by atoms with Gasteiger partial charge in [0.05, 0.1) is 0 Å². The van der Waals surface area contributed by atoms with E-state index in [0.717, 1.165) is 50.9 Å². The van der Waals surface area contributed by atoms with Crippen LogP contribution in [0.5, 0.6) is 0 Å². The number of aryl methyl sites for hydroxylation is 1. The van der Waals surface area contributed by atoms with Crippen molar-refractivity contribution in [2.45, 2.75) is 51.6 Å².